The van der Waals surface area contributed by atoms with Gasteiger partial charge in [0.1, 0.15) is 0 Å². The van der Waals surface area contributed by atoms with Crippen molar-refractivity contribution in [3.8, 4) is 0 Å². The summed E-state index contributed by atoms with van der Waals surface area (Å²) in [5.41, 5.74) is 0. The van der Waals surface area contributed by atoms with Crippen LogP contribution >= 0.6 is 0 Å². The molecule has 1 aliphatic rings. The fourth-order valence-electron chi connectivity index (χ4n) is 1.96. The molecule has 0 atom stereocenters. The molecule has 0 spiro atoms. The monoisotopic (exact) mass is 245 g/mol. The molecule has 1 N–H and O–H groups in total. The molecule has 1 rings (SSSR count). The van der Waals surface area contributed by atoms with E-state index in [9.17, 15) is 0 Å². The maximum absolute atomic E-state index is 5.40. The van der Waals surface area contributed by atoms with Gasteiger partial charge >= 0.3 is 0 Å². The molecule has 0 amide bonds. The van der Waals surface area contributed by atoms with E-state index < -0.39 is 0 Å². The highest BCUT2D eigenvalue weighted by Crippen LogP contribution is 2.12. The summed E-state index contributed by atoms with van der Waals surface area (Å²) < 4.78 is 15.6. The molecule has 0 radical (unpaired) electrons. The van der Waals surface area contributed by atoms with Gasteiger partial charge in [-0.25, -0.2) is 0 Å². The van der Waals surface area contributed by atoms with Crippen LogP contribution in [0.4, 0.5) is 0 Å². The second-order valence-electron chi connectivity index (χ2n) is 4.57. The molecule has 0 aromatic carbocycles. The van der Waals surface area contributed by atoms with Crippen LogP contribution in [0.25, 0.3) is 0 Å². The molecule has 0 aliphatic carbocycles. The summed E-state index contributed by atoms with van der Waals surface area (Å²) in [4.78, 5) is 0. The summed E-state index contributed by atoms with van der Waals surface area (Å²) in [6.45, 7) is 6.40. The minimum Gasteiger partial charge on any atom is -0.382 e. The van der Waals surface area contributed by atoms with Gasteiger partial charge in [0.05, 0.1) is 13.2 Å². The van der Waals surface area contributed by atoms with Gasteiger partial charge in [-0.1, -0.05) is 0 Å². The Hall–Kier alpha value is -0.160. The van der Waals surface area contributed by atoms with E-state index in [-0.39, 0.29) is 0 Å². The molecule has 0 saturated carbocycles. The zero-order chi connectivity index (χ0) is 12.2. The number of rotatable bonds is 10. The molecule has 0 aromatic heterocycles. The zero-order valence-corrected chi connectivity index (χ0v) is 11.1. The third-order valence-electron chi connectivity index (χ3n) is 3.10. The maximum Gasteiger partial charge on any atom is 0.0700 e. The lowest BCUT2D eigenvalue weighted by Crippen LogP contribution is -2.28. The lowest BCUT2D eigenvalue weighted by atomic mass is 10.0. The van der Waals surface area contributed by atoms with Crippen LogP contribution in [-0.4, -0.2) is 53.2 Å². The zero-order valence-electron chi connectivity index (χ0n) is 11.1. The lowest BCUT2D eigenvalue weighted by molar-refractivity contribution is 0.0651. The van der Waals surface area contributed by atoms with E-state index in [4.69, 9.17) is 14.2 Å². The molecule has 102 valence electrons. The number of unbranched alkanes of at least 4 members (excludes halogenated alkanes) is 1. The van der Waals surface area contributed by atoms with E-state index in [1.807, 2.05) is 0 Å². The molecule has 0 bridgehead atoms. The van der Waals surface area contributed by atoms with Crippen molar-refractivity contribution in [3.63, 3.8) is 0 Å². The largest absolute Gasteiger partial charge is 0.382 e. The van der Waals surface area contributed by atoms with Crippen LogP contribution in [0.2, 0.25) is 0 Å². The Kier molecular flexibility index (Phi) is 9.61. The van der Waals surface area contributed by atoms with Gasteiger partial charge in [-0.05, 0) is 44.7 Å². The van der Waals surface area contributed by atoms with Crippen molar-refractivity contribution in [1.29, 1.82) is 0 Å². The van der Waals surface area contributed by atoms with Crippen LogP contribution in [0.5, 0.6) is 0 Å². The molecule has 0 unspecified atom stereocenters. The van der Waals surface area contributed by atoms with Gasteiger partial charge in [-0.2, -0.15) is 0 Å². The van der Waals surface area contributed by atoms with Gasteiger partial charge in [0.25, 0.3) is 0 Å². The standard InChI is InChI=1S/C13H27NO3/c1-15-10-11-16-7-3-2-6-14-12-13-4-8-17-9-5-13/h13-14H,2-12H2,1H3. The molecule has 4 heteroatoms. The van der Waals surface area contributed by atoms with Gasteiger partial charge in [0, 0.05) is 26.9 Å². The first-order chi connectivity index (χ1) is 8.43. The number of hydrogen-bond acceptors (Lipinski definition) is 4. The van der Waals surface area contributed by atoms with Crippen LogP contribution < -0.4 is 5.32 Å². The van der Waals surface area contributed by atoms with Crippen LogP contribution in [0.15, 0.2) is 0 Å². The first kappa shape index (κ1) is 14.9. The van der Waals surface area contributed by atoms with Crippen LogP contribution in [0.1, 0.15) is 25.7 Å². The molecular weight excluding hydrogens is 218 g/mol. The fourth-order valence-corrected chi connectivity index (χ4v) is 1.96. The Morgan fingerprint density at radius 2 is 1.94 bits per heavy atom. The second-order valence-corrected chi connectivity index (χ2v) is 4.57. The van der Waals surface area contributed by atoms with E-state index in [1.165, 1.54) is 19.3 Å². The Morgan fingerprint density at radius 3 is 2.71 bits per heavy atom. The molecule has 4 nitrogen and oxygen atoms in total. The minimum atomic E-state index is 0.696. The SMILES string of the molecule is COCCOCCCCNCC1CCOCC1. The van der Waals surface area contributed by atoms with Gasteiger partial charge in [-0.3, -0.25) is 0 Å². The molecule has 1 fully saturated rings. The average molecular weight is 245 g/mol. The Morgan fingerprint density at radius 1 is 1.12 bits per heavy atom. The average Bonchev–Trinajstić information content (AvgIpc) is 2.38. The maximum atomic E-state index is 5.40. The molecule has 1 aliphatic heterocycles. The van der Waals surface area contributed by atoms with Gasteiger partial charge in [-0.15, -0.1) is 0 Å². The second kappa shape index (κ2) is 11.0. The third kappa shape index (κ3) is 8.55. The highest BCUT2D eigenvalue weighted by atomic mass is 16.5. The number of hydrogen-bond donors (Lipinski definition) is 1. The first-order valence-corrected chi connectivity index (χ1v) is 6.78. The minimum absolute atomic E-state index is 0.696. The first-order valence-electron chi connectivity index (χ1n) is 6.78. The third-order valence-corrected chi connectivity index (χ3v) is 3.10. The van der Waals surface area contributed by atoms with Crippen molar-refractivity contribution in [2.75, 3.05) is 53.2 Å². The summed E-state index contributed by atoms with van der Waals surface area (Å²) in [5.74, 6) is 0.821. The predicted molar refractivity (Wildman–Crippen MR) is 68.3 cm³/mol. The Labute approximate surface area is 105 Å². The van der Waals surface area contributed by atoms with Crippen LogP contribution in [0.3, 0.4) is 0 Å². The lowest BCUT2D eigenvalue weighted by Gasteiger charge is -2.22. The normalized spacial score (nSPS) is 17.5. The van der Waals surface area contributed by atoms with Crippen molar-refractivity contribution in [2.24, 2.45) is 5.92 Å². The topological polar surface area (TPSA) is 39.7 Å². The highest BCUT2D eigenvalue weighted by Gasteiger charge is 2.12. The van der Waals surface area contributed by atoms with E-state index in [0.29, 0.717) is 13.2 Å². The van der Waals surface area contributed by atoms with E-state index in [2.05, 4.69) is 5.32 Å². The smallest absolute Gasteiger partial charge is 0.0700 e. The molecule has 1 saturated heterocycles. The molecular formula is C13H27NO3. The number of ether oxygens (including phenoxy) is 3. The van der Waals surface area contributed by atoms with Crippen molar-refractivity contribution in [3.05, 3.63) is 0 Å². The summed E-state index contributed by atoms with van der Waals surface area (Å²) in [5, 5.41) is 3.52. The van der Waals surface area contributed by atoms with Crippen LogP contribution in [-0.2, 0) is 14.2 Å². The van der Waals surface area contributed by atoms with E-state index >= 15 is 0 Å². The van der Waals surface area contributed by atoms with Crippen molar-refractivity contribution >= 4 is 0 Å². The summed E-state index contributed by atoms with van der Waals surface area (Å²) >= 11 is 0. The molecule has 1 heterocycles. The fraction of sp³-hybridized carbons (Fsp3) is 1.00. The quantitative estimate of drug-likeness (QED) is 0.591. The van der Waals surface area contributed by atoms with Gasteiger partial charge in [0.2, 0.25) is 0 Å². The van der Waals surface area contributed by atoms with Gasteiger partial charge in [0.15, 0.2) is 0 Å². The summed E-state index contributed by atoms with van der Waals surface area (Å²) in [6.07, 6.45) is 4.75. The summed E-state index contributed by atoms with van der Waals surface area (Å²) in [6, 6.07) is 0. The number of nitrogens with one attached hydrogen (secondary N) is 1. The molecule has 17 heavy (non-hydrogen) atoms. The summed E-state index contributed by atoms with van der Waals surface area (Å²) in [7, 11) is 1.70. The Bertz CT molecular complexity index is 161. The van der Waals surface area contributed by atoms with Crippen molar-refractivity contribution < 1.29 is 14.2 Å². The van der Waals surface area contributed by atoms with E-state index in [1.54, 1.807) is 7.11 Å². The van der Waals surface area contributed by atoms with E-state index in [0.717, 1.165) is 45.2 Å². The molecule has 0 aromatic rings. The predicted octanol–water partition coefficient (Wildman–Crippen LogP) is 1.45. The van der Waals surface area contributed by atoms with Crippen LogP contribution in [0, 0.1) is 5.92 Å². The highest BCUT2D eigenvalue weighted by molar-refractivity contribution is 4.65. The number of methoxy groups -OCH3 is 1. The van der Waals surface area contributed by atoms with Crippen molar-refractivity contribution in [1.82, 2.24) is 5.32 Å². The van der Waals surface area contributed by atoms with Gasteiger partial charge < -0.3 is 19.5 Å². The Balaban J connectivity index is 1.75. The van der Waals surface area contributed by atoms with Crippen molar-refractivity contribution in [2.45, 2.75) is 25.7 Å².